The molecule has 0 aromatic heterocycles. The van der Waals surface area contributed by atoms with Crippen molar-refractivity contribution in [3.63, 3.8) is 0 Å². The zero-order chi connectivity index (χ0) is 32.2. The van der Waals surface area contributed by atoms with Crippen molar-refractivity contribution >= 4 is 47.6 Å². The second kappa shape index (κ2) is 17.5. The van der Waals surface area contributed by atoms with E-state index in [1.165, 1.54) is 18.2 Å². The molecule has 2 aliphatic rings. The Morgan fingerprint density at radius 2 is 1.58 bits per heavy atom. The van der Waals surface area contributed by atoms with Crippen molar-refractivity contribution in [1.82, 2.24) is 20.4 Å². The number of carbonyl (C=O) groups excluding carboxylic acids is 3. The summed E-state index contributed by atoms with van der Waals surface area (Å²) in [7, 11) is 0. The topological polar surface area (TPSA) is 93.8 Å². The number of nitrogens with zero attached hydrogens (tertiary/aromatic N) is 2. The summed E-state index contributed by atoms with van der Waals surface area (Å²) in [6.45, 7) is 16.3. The molecule has 3 amide bonds. The third-order valence-corrected chi connectivity index (χ3v) is 7.36. The Bertz CT molecular complexity index is 1210. The number of nitrogens with one attached hydrogen (secondary N) is 3. The lowest BCUT2D eigenvalue weighted by Crippen LogP contribution is -2.49. The SMILES string of the molecule is CC(=O)N1CCN(CCNC=O)CC1.CC(C)(C)C.O=CNc1cc(Cl)c(F)cc1C1CNCC1c1cccc(Cl)c1F. The van der Waals surface area contributed by atoms with Crippen molar-refractivity contribution in [2.75, 3.05) is 57.7 Å². The summed E-state index contributed by atoms with van der Waals surface area (Å²) in [5.74, 6) is -1.38. The number of carbonyl (C=O) groups is 3. The molecule has 0 radical (unpaired) electrons. The van der Waals surface area contributed by atoms with Crippen LogP contribution in [0.15, 0.2) is 30.3 Å². The highest BCUT2D eigenvalue weighted by molar-refractivity contribution is 6.31. The van der Waals surface area contributed by atoms with Gasteiger partial charge in [-0.05, 0) is 34.7 Å². The van der Waals surface area contributed by atoms with Gasteiger partial charge in [0.1, 0.15) is 11.6 Å². The van der Waals surface area contributed by atoms with Crippen molar-refractivity contribution in [2.24, 2.45) is 5.41 Å². The van der Waals surface area contributed by atoms with Crippen molar-refractivity contribution in [2.45, 2.75) is 46.5 Å². The van der Waals surface area contributed by atoms with Gasteiger partial charge in [-0.1, -0.05) is 63.0 Å². The Morgan fingerprint density at radius 1 is 0.977 bits per heavy atom. The lowest BCUT2D eigenvalue weighted by molar-refractivity contribution is -0.130. The van der Waals surface area contributed by atoms with E-state index < -0.39 is 11.6 Å². The van der Waals surface area contributed by atoms with Gasteiger partial charge in [-0.25, -0.2) is 8.78 Å². The van der Waals surface area contributed by atoms with Gasteiger partial charge in [0.2, 0.25) is 18.7 Å². The predicted octanol–water partition coefficient (Wildman–Crippen LogP) is 5.26. The fourth-order valence-corrected chi connectivity index (χ4v) is 5.11. The molecule has 2 saturated heterocycles. The van der Waals surface area contributed by atoms with E-state index in [-0.39, 0.29) is 27.8 Å². The molecule has 2 unspecified atom stereocenters. The maximum absolute atomic E-state index is 14.4. The average Bonchev–Trinajstić information content (AvgIpc) is 3.42. The molecule has 3 N–H and O–H groups in total. The van der Waals surface area contributed by atoms with E-state index in [4.69, 9.17) is 23.2 Å². The van der Waals surface area contributed by atoms with E-state index in [1.54, 1.807) is 19.1 Å². The largest absolute Gasteiger partial charge is 0.357 e. The number of anilines is 1. The van der Waals surface area contributed by atoms with Crippen LogP contribution in [-0.4, -0.2) is 80.9 Å². The molecule has 43 heavy (non-hydrogen) atoms. The molecule has 2 atom stereocenters. The van der Waals surface area contributed by atoms with Crippen LogP contribution in [0.5, 0.6) is 0 Å². The van der Waals surface area contributed by atoms with Gasteiger partial charge in [-0.15, -0.1) is 0 Å². The van der Waals surface area contributed by atoms with Crippen molar-refractivity contribution in [3.05, 3.63) is 63.1 Å². The summed E-state index contributed by atoms with van der Waals surface area (Å²) in [4.78, 5) is 36.0. The van der Waals surface area contributed by atoms with Gasteiger partial charge in [0.05, 0.1) is 10.0 Å². The Labute approximate surface area is 263 Å². The molecule has 0 aliphatic carbocycles. The fourth-order valence-electron chi connectivity index (χ4n) is 4.76. The molecule has 0 spiro atoms. The predicted molar refractivity (Wildman–Crippen MR) is 169 cm³/mol. The first-order valence-electron chi connectivity index (χ1n) is 14.3. The van der Waals surface area contributed by atoms with Crippen LogP contribution in [0.2, 0.25) is 10.0 Å². The van der Waals surface area contributed by atoms with Crippen molar-refractivity contribution in [1.29, 1.82) is 0 Å². The molecular weight excluding hydrogens is 599 g/mol. The molecule has 8 nitrogen and oxygen atoms in total. The Morgan fingerprint density at radius 3 is 2.14 bits per heavy atom. The van der Waals surface area contributed by atoms with Gasteiger partial charge in [-0.2, -0.15) is 0 Å². The quantitative estimate of drug-likeness (QED) is 0.270. The van der Waals surface area contributed by atoms with E-state index in [2.05, 4.69) is 48.5 Å². The highest BCUT2D eigenvalue weighted by Crippen LogP contribution is 2.42. The van der Waals surface area contributed by atoms with Crippen LogP contribution in [-0.2, 0) is 14.4 Å². The Hall–Kier alpha value is -2.79. The molecule has 2 fully saturated rings. The van der Waals surface area contributed by atoms with E-state index in [0.29, 0.717) is 54.7 Å². The zero-order valence-corrected chi connectivity index (χ0v) is 27.0. The number of hydrogen-bond acceptors (Lipinski definition) is 5. The average molecular weight is 643 g/mol. The van der Waals surface area contributed by atoms with Crippen LogP contribution < -0.4 is 16.0 Å². The fraction of sp³-hybridized carbons (Fsp3) is 0.516. The molecule has 4 rings (SSSR count). The third-order valence-electron chi connectivity index (χ3n) is 6.77. The standard InChI is InChI=1S/C17H14Cl2F2N2O.C9H17N3O2.C5H12/c18-13-3-1-2-9(17(13)21)11-6-22-7-12(11)10-4-15(20)14(19)5-16(10)23-8-24;1-9(14)12-6-4-11(5-7-12)3-2-10-8-13;1-5(2,3)4/h1-5,8,11-12,22H,6-7H2,(H,23,24);8H,2-7H2,1H3,(H,10,13);1-4H3. The van der Waals surface area contributed by atoms with E-state index in [1.807, 2.05) is 4.90 Å². The first-order valence-corrected chi connectivity index (χ1v) is 15.0. The summed E-state index contributed by atoms with van der Waals surface area (Å²) < 4.78 is 28.4. The van der Waals surface area contributed by atoms with E-state index in [0.717, 1.165) is 32.7 Å². The van der Waals surface area contributed by atoms with Gasteiger partial charge in [0.25, 0.3) is 0 Å². The van der Waals surface area contributed by atoms with Crippen molar-refractivity contribution in [3.8, 4) is 0 Å². The Balaban J connectivity index is 0.000000287. The molecule has 0 saturated carbocycles. The van der Waals surface area contributed by atoms with Crippen LogP contribution >= 0.6 is 23.2 Å². The second-order valence-electron chi connectivity index (χ2n) is 12.0. The third kappa shape index (κ3) is 12.0. The number of rotatable bonds is 8. The van der Waals surface area contributed by atoms with Crippen LogP contribution in [0.4, 0.5) is 14.5 Å². The van der Waals surface area contributed by atoms with E-state index in [9.17, 15) is 23.2 Å². The molecule has 2 aromatic carbocycles. The number of piperazine rings is 1. The number of benzene rings is 2. The first-order chi connectivity index (χ1) is 20.3. The number of hydrogen-bond donors (Lipinski definition) is 3. The van der Waals surface area contributed by atoms with Gasteiger partial charge in [-0.3, -0.25) is 19.3 Å². The summed E-state index contributed by atoms with van der Waals surface area (Å²) in [5.41, 5.74) is 1.95. The molecule has 2 aliphatic heterocycles. The van der Waals surface area contributed by atoms with Crippen LogP contribution in [0, 0.1) is 17.0 Å². The molecular formula is C31H43Cl2F2N5O3. The molecule has 2 heterocycles. The smallest absolute Gasteiger partial charge is 0.219 e. The van der Waals surface area contributed by atoms with Gasteiger partial charge in [0, 0.05) is 76.8 Å². The molecule has 238 valence electrons. The number of amides is 3. The lowest BCUT2D eigenvalue weighted by Gasteiger charge is -2.33. The maximum Gasteiger partial charge on any atom is 0.219 e. The van der Waals surface area contributed by atoms with Gasteiger partial charge >= 0.3 is 0 Å². The van der Waals surface area contributed by atoms with E-state index >= 15 is 0 Å². The van der Waals surface area contributed by atoms with Gasteiger partial charge in [0.15, 0.2) is 0 Å². The minimum Gasteiger partial charge on any atom is -0.357 e. The first kappa shape index (κ1) is 36.4. The van der Waals surface area contributed by atoms with Crippen LogP contribution in [0.3, 0.4) is 0 Å². The summed E-state index contributed by atoms with van der Waals surface area (Å²) in [6, 6.07) is 7.50. The van der Waals surface area contributed by atoms with Crippen LogP contribution in [0.25, 0.3) is 0 Å². The maximum atomic E-state index is 14.4. The minimum absolute atomic E-state index is 0.0478. The molecule has 12 heteroatoms. The highest BCUT2D eigenvalue weighted by Gasteiger charge is 2.34. The number of halogens is 4. The normalized spacial score (nSPS) is 18.5. The molecule has 2 aromatic rings. The lowest BCUT2D eigenvalue weighted by atomic mass is 9.83. The monoisotopic (exact) mass is 641 g/mol. The highest BCUT2D eigenvalue weighted by atomic mass is 35.5. The van der Waals surface area contributed by atoms with Gasteiger partial charge < -0.3 is 20.9 Å². The van der Waals surface area contributed by atoms with Crippen LogP contribution in [0.1, 0.15) is 57.6 Å². The zero-order valence-electron chi connectivity index (χ0n) is 25.5. The van der Waals surface area contributed by atoms with Crippen molar-refractivity contribution < 1.29 is 23.2 Å². The Kier molecular flexibility index (Phi) is 14.8. The summed E-state index contributed by atoms with van der Waals surface area (Å²) >= 11 is 11.7. The molecule has 0 bridgehead atoms. The minimum atomic E-state index is -0.583. The second-order valence-corrected chi connectivity index (χ2v) is 12.9. The summed E-state index contributed by atoms with van der Waals surface area (Å²) in [6.07, 6.45) is 1.22. The summed E-state index contributed by atoms with van der Waals surface area (Å²) in [5, 5.41) is 8.32.